The Morgan fingerprint density at radius 2 is 1.33 bits per heavy atom. The zero-order chi connectivity index (χ0) is 30.0. The maximum absolute atomic E-state index is 6.23. The van der Waals surface area contributed by atoms with E-state index in [4.69, 9.17) is 14.2 Å². The van der Waals surface area contributed by atoms with Crippen LogP contribution in [0.4, 0.5) is 0 Å². The summed E-state index contributed by atoms with van der Waals surface area (Å²) < 4.78 is 18.4. The van der Waals surface area contributed by atoms with Crippen LogP contribution in [0.1, 0.15) is 33.9 Å². The number of para-hydroxylation sites is 2. The Balaban J connectivity index is 1.58. The SMILES string of the molecule is COc1cc(Br)c(CN(Cc2ccccc2)C(C#Cc2ccccc2Oc2ccccc2)c2ccc(C)cc2)cc1OC. The smallest absolute Gasteiger partial charge is 0.161 e. The van der Waals surface area contributed by atoms with Gasteiger partial charge in [-0.25, -0.2) is 0 Å². The predicted octanol–water partition coefficient (Wildman–Crippen LogP) is 9.36. The van der Waals surface area contributed by atoms with E-state index < -0.39 is 0 Å². The molecule has 0 spiro atoms. The fourth-order valence-corrected chi connectivity index (χ4v) is 5.30. The molecule has 4 nitrogen and oxygen atoms in total. The average Bonchev–Trinajstić information content (AvgIpc) is 3.04. The summed E-state index contributed by atoms with van der Waals surface area (Å²) in [4.78, 5) is 2.39. The van der Waals surface area contributed by atoms with Gasteiger partial charge in [0, 0.05) is 17.6 Å². The molecule has 0 N–H and O–H groups in total. The van der Waals surface area contributed by atoms with Gasteiger partial charge < -0.3 is 14.2 Å². The molecule has 0 amide bonds. The quantitative estimate of drug-likeness (QED) is 0.144. The largest absolute Gasteiger partial charge is 0.493 e. The molecule has 0 aromatic heterocycles. The van der Waals surface area contributed by atoms with Gasteiger partial charge in [0.15, 0.2) is 11.5 Å². The first-order chi connectivity index (χ1) is 21.0. The summed E-state index contributed by atoms with van der Waals surface area (Å²) >= 11 is 3.78. The number of methoxy groups -OCH3 is 2. The highest BCUT2D eigenvalue weighted by atomic mass is 79.9. The predicted molar refractivity (Wildman–Crippen MR) is 177 cm³/mol. The second-order valence-corrected chi connectivity index (χ2v) is 11.0. The van der Waals surface area contributed by atoms with Gasteiger partial charge >= 0.3 is 0 Å². The Kier molecular flexibility index (Phi) is 10.2. The third-order valence-electron chi connectivity index (χ3n) is 7.11. The molecule has 0 saturated carbocycles. The average molecular weight is 633 g/mol. The van der Waals surface area contributed by atoms with Gasteiger partial charge in [-0.05, 0) is 60.0 Å². The number of benzene rings is 5. The summed E-state index contributed by atoms with van der Waals surface area (Å²) in [5.74, 6) is 9.98. The molecule has 0 radical (unpaired) electrons. The van der Waals surface area contributed by atoms with Gasteiger partial charge in [-0.2, -0.15) is 0 Å². The number of aryl methyl sites for hydroxylation is 1. The van der Waals surface area contributed by atoms with Crippen molar-refractivity contribution in [3.63, 3.8) is 0 Å². The molecule has 43 heavy (non-hydrogen) atoms. The molecule has 0 aliphatic heterocycles. The van der Waals surface area contributed by atoms with Crippen molar-refractivity contribution in [2.45, 2.75) is 26.1 Å². The Labute approximate surface area is 263 Å². The lowest BCUT2D eigenvalue weighted by Gasteiger charge is -2.30. The normalized spacial score (nSPS) is 11.4. The summed E-state index contributed by atoms with van der Waals surface area (Å²) in [6.07, 6.45) is 0. The lowest BCUT2D eigenvalue weighted by molar-refractivity contribution is 0.218. The highest BCUT2D eigenvalue weighted by Gasteiger charge is 2.22. The van der Waals surface area contributed by atoms with E-state index in [9.17, 15) is 0 Å². The minimum absolute atomic E-state index is 0.217. The molecule has 0 aliphatic rings. The second-order valence-electron chi connectivity index (χ2n) is 10.2. The maximum Gasteiger partial charge on any atom is 0.161 e. The molecule has 0 bridgehead atoms. The van der Waals surface area contributed by atoms with Crippen molar-refractivity contribution < 1.29 is 14.2 Å². The molecule has 1 unspecified atom stereocenters. The third-order valence-corrected chi connectivity index (χ3v) is 7.85. The van der Waals surface area contributed by atoms with Crippen molar-refractivity contribution in [2.75, 3.05) is 14.2 Å². The van der Waals surface area contributed by atoms with Crippen LogP contribution in [-0.4, -0.2) is 19.1 Å². The van der Waals surface area contributed by atoms with E-state index >= 15 is 0 Å². The molecular weight excluding hydrogens is 598 g/mol. The fraction of sp³-hybridized carbons (Fsp3) is 0.158. The third kappa shape index (κ3) is 7.87. The number of nitrogens with zero attached hydrogens (tertiary/aromatic N) is 1. The Morgan fingerprint density at radius 3 is 2.02 bits per heavy atom. The number of hydrogen-bond acceptors (Lipinski definition) is 4. The van der Waals surface area contributed by atoms with Gasteiger partial charge in [0.05, 0.1) is 25.8 Å². The minimum Gasteiger partial charge on any atom is -0.493 e. The first kappa shape index (κ1) is 30.0. The summed E-state index contributed by atoms with van der Waals surface area (Å²) in [6, 6.07) is 40.6. The molecule has 5 rings (SSSR count). The van der Waals surface area contributed by atoms with Crippen molar-refractivity contribution in [3.05, 3.63) is 154 Å². The number of rotatable bonds is 10. The Bertz CT molecular complexity index is 1690. The van der Waals surface area contributed by atoms with Crippen LogP contribution >= 0.6 is 15.9 Å². The highest BCUT2D eigenvalue weighted by molar-refractivity contribution is 9.10. The molecule has 5 aromatic rings. The van der Waals surface area contributed by atoms with Crippen molar-refractivity contribution in [1.82, 2.24) is 4.90 Å². The van der Waals surface area contributed by atoms with Gasteiger partial charge in [-0.3, -0.25) is 4.90 Å². The maximum atomic E-state index is 6.23. The molecule has 0 saturated heterocycles. The van der Waals surface area contributed by atoms with E-state index in [0.717, 1.165) is 32.7 Å². The van der Waals surface area contributed by atoms with Crippen LogP contribution in [0.25, 0.3) is 0 Å². The van der Waals surface area contributed by atoms with Gasteiger partial charge in [-0.15, -0.1) is 0 Å². The summed E-state index contributed by atoms with van der Waals surface area (Å²) in [5, 5.41) is 0. The van der Waals surface area contributed by atoms with Crippen molar-refractivity contribution in [1.29, 1.82) is 0 Å². The Morgan fingerprint density at radius 1 is 0.698 bits per heavy atom. The molecule has 0 aliphatic carbocycles. The van der Waals surface area contributed by atoms with Crippen LogP contribution in [0.2, 0.25) is 0 Å². The number of halogens is 1. The topological polar surface area (TPSA) is 30.9 Å². The van der Waals surface area contributed by atoms with Crippen LogP contribution in [0.3, 0.4) is 0 Å². The molecule has 0 heterocycles. The molecule has 5 heteroatoms. The van der Waals surface area contributed by atoms with E-state index in [-0.39, 0.29) is 6.04 Å². The fourth-order valence-electron chi connectivity index (χ4n) is 4.85. The minimum atomic E-state index is -0.217. The van der Waals surface area contributed by atoms with E-state index in [2.05, 4.69) is 88.1 Å². The van der Waals surface area contributed by atoms with E-state index in [1.807, 2.05) is 72.8 Å². The first-order valence-corrected chi connectivity index (χ1v) is 14.9. The van der Waals surface area contributed by atoms with Crippen molar-refractivity contribution in [2.24, 2.45) is 0 Å². The van der Waals surface area contributed by atoms with Gasteiger partial charge in [0.2, 0.25) is 0 Å². The summed E-state index contributed by atoms with van der Waals surface area (Å²) in [5.41, 5.74) is 5.42. The van der Waals surface area contributed by atoms with Crippen molar-refractivity contribution >= 4 is 15.9 Å². The molecule has 1 atom stereocenters. The molecular formula is C38H34BrNO3. The lowest BCUT2D eigenvalue weighted by atomic mass is 10.0. The van der Waals surface area contributed by atoms with Crippen LogP contribution < -0.4 is 14.2 Å². The summed E-state index contributed by atoms with van der Waals surface area (Å²) in [7, 11) is 3.31. The monoisotopic (exact) mass is 631 g/mol. The second kappa shape index (κ2) is 14.6. The lowest BCUT2D eigenvalue weighted by Crippen LogP contribution is -2.27. The van der Waals surface area contributed by atoms with Crippen LogP contribution in [0, 0.1) is 18.8 Å². The number of hydrogen-bond donors (Lipinski definition) is 0. The van der Waals surface area contributed by atoms with Crippen LogP contribution in [0.5, 0.6) is 23.0 Å². The zero-order valence-corrected chi connectivity index (χ0v) is 26.2. The first-order valence-electron chi connectivity index (χ1n) is 14.1. The Hall–Kier alpha value is -4.50. The van der Waals surface area contributed by atoms with E-state index in [1.54, 1.807) is 14.2 Å². The van der Waals surface area contributed by atoms with Crippen LogP contribution in [0.15, 0.2) is 126 Å². The zero-order valence-electron chi connectivity index (χ0n) is 24.6. The molecule has 5 aromatic carbocycles. The van der Waals surface area contributed by atoms with E-state index in [0.29, 0.717) is 24.6 Å². The van der Waals surface area contributed by atoms with Crippen LogP contribution in [-0.2, 0) is 13.1 Å². The van der Waals surface area contributed by atoms with Crippen molar-refractivity contribution in [3.8, 4) is 34.8 Å². The van der Waals surface area contributed by atoms with Gasteiger partial charge in [0.25, 0.3) is 0 Å². The molecule has 216 valence electrons. The van der Waals surface area contributed by atoms with Gasteiger partial charge in [0.1, 0.15) is 11.5 Å². The standard InChI is InChI=1S/C38H34BrNO3/c1-28-18-20-30(21-19-28)35(23-22-31-14-10-11-17-36(31)43-33-15-8-5-9-16-33)40(26-29-12-6-4-7-13-29)27-32-24-37(41-2)38(42-3)25-34(32)39/h4-21,24-25,35H,26-27H2,1-3H3. The van der Waals surface area contributed by atoms with E-state index in [1.165, 1.54) is 11.1 Å². The van der Waals surface area contributed by atoms with Gasteiger partial charge in [-0.1, -0.05) is 118 Å². The number of ether oxygens (including phenoxy) is 3. The highest BCUT2D eigenvalue weighted by Crippen LogP contribution is 2.36. The molecule has 0 fully saturated rings. The summed E-state index contributed by atoms with van der Waals surface area (Å²) in [6.45, 7) is 3.41.